The first-order chi connectivity index (χ1) is 10.1. The minimum Gasteiger partial charge on any atom is -0.496 e. The summed E-state index contributed by atoms with van der Waals surface area (Å²) in [6.45, 7) is 0.295. The molecular formula is C16H22N2O3. The number of carbonyl (C=O) groups is 2. The summed E-state index contributed by atoms with van der Waals surface area (Å²) in [5.41, 5.74) is 7.02. The zero-order valence-electron chi connectivity index (χ0n) is 12.4. The maximum absolute atomic E-state index is 11.2. The fourth-order valence-electron chi connectivity index (χ4n) is 2.90. The van der Waals surface area contributed by atoms with Crippen LogP contribution in [0.3, 0.4) is 0 Å². The van der Waals surface area contributed by atoms with E-state index in [1.165, 1.54) is 25.7 Å². The Morgan fingerprint density at radius 1 is 1.33 bits per heavy atom. The van der Waals surface area contributed by atoms with Crippen molar-refractivity contribution in [2.24, 2.45) is 11.7 Å². The van der Waals surface area contributed by atoms with Crippen LogP contribution in [0.2, 0.25) is 0 Å². The van der Waals surface area contributed by atoms with Gasteiger partial charge in [-0.15, -0.1) is 0 Å². The van der Waals surface area contributed by atoms with Gasteiger partial charge >= 0.3 is 11.8 Å². The van der Waals surface area contributed by atoms with E-state index in [2.05, 4.69) is 5.32 Å². The minimum absolute atomic E-state index is 0.295. The van der Waals surface area contributed by atoms with Crippen molar-refractivity contribution >= 4 is 11.8 Å². The molecule has 114 valence electrons. The van der Waals surface area contributed by atoms with E-state index in [-0.39, 0.29) is 0 Å². The summed E-state index contributed by atoms with van der Waals surface area (Å²) in [5, 5.41) is 2.50. The Morgan fingerprint density at radius 3 is 2.67 bits per heavy atom. The summed E-state index contributed by atoms with van der Waals surface area (Å²) >= 11 is 0. The highest BCUT2D eigenvalue weighted by atomic mass is 16.5. The van der Waals surface area contributed by atoms with Gasteiger partial charge in [0, 0.05) is 6.54 Å². The highest BCUT2D eigenvalue weighted by Crippen LogP contribution is 2.31. The van der Waals surface area contributed by atoms with Crippen molar-refractivity contribution in [1.82, 2.24) is 5.32 Å². The molecule has 1 saturated carbocycles. The van der Waals surface area contributed by atoms with Gasteiger partial charge in [0.05, 0.1) is 7.11 Å². The predicted molar refractivity (Wildman–Crippen MR) is 79.7 cm³/mol. The zero-order chi connectivity index (χ0) is 15.2. The number of amides is 2. The third-order valence-corrected chi connectivity index (χ3v) is 4.01. The summed E-state index contributed by atoms with van der Waals surface area (Å²) in [5.74, 6) is -0.126. The van der Waals surface area contributed by atoms with Gasteiger partial charge in [0.1, 0.15) is 5.75 Å². The molecule has 0 spiro atoms. The summed E-state index contributed by atoms with van der Waals surface area (Å²) in [6.07, 6.45) is 6.15. The molecule has 1 fully saturated rings. The van der Waals surface area contributed by atoms with Crippen molar-refractivity contribution in [1.29, 1.82) is 0 Å². The van der Waals surface area contributed by atoms with Crippen LogP contribution in [0.25, 0.3) is 0 Å². The van der Waals surface area contributed by atoms with E-state index in [4.69, 9.17) is 10.5 Å². The van der Waals surface area contributed by atoms with Gasteiger partial charge < -0.3 is 15.8 Å². The standard InChI is InChI=1S/C16H22N2O3/c1-21-14-7-6-12(10-18-16(20)15(17)19)9-13(14)8-11-4-2-3-5-11/h6-7,9,11H,2-5,8,10H2,1H3,(H2,17,19)(H,18,20). The lowest BCUT2D eigenvalue weighted by atomic mass is 9.96. The van der Waals surface area contributed by atoms with Crippen LogP contribution in [-0.2, 0) is 22.6 Å². The molecular weight excluding hydrogens is 268 g/mol. The monoisotopic (exact) mass is 290 g/mol. The molecule has 0 aromatic heterocycles. The van der Waals surface area contributed by atoms with Crippen LogP contribution in [0.1, 0.15) is 36.8 Å². The summed E-state index contributed by atoms with van der Waals surface area (Å²) in [4.78, 5) is 21.9. The van der Waals surface area contributed by atoms with Gasteiger partial charge in [-0.2, -0.15) is 0 Å². The van der Waals surface area contributed by atoms with Crippen LogP contribution >= 0.6 is 0 Å². The van der Waals surface area contributed by atoms with E-state index in [0.29, 0.717) is 6.54 Å². The van der Waals surface area contributed by atoms with E-state index in [0.717, 1.165) is 29.2 Å². The second kappa shape index (κ2) is 7.11. The van der Waals surface area contributed by atoms with Gasteiger partial charge in [-0.25, -0.2) is 0 Å². The van der Waals surface area contributed by atoms with Crippen LogP contribution in [-0.4, -0.2) is 18.9 Å². The smallest absolute Gasteiger partial charge is 0.309 e. The maximum Gasteiger partial charge on any atom is 0.309 e. The van der Waals surface area contributed by atoms with Crippen molar-refractivity contribution in [3.05, 3.63) is 29.3 Å². The summed E-state index contributed by atoms with van der Waals surface area (Å²) in [7, 11) is 1.67. The van der Waals surface area contributed by atoms with Gasteiger partial charge in [0.15, 0.2) is 0 Å². The lowest BCUT2D eigenvalue weighted by Gasteiger charge is -2.14. The molecule has 3 N–H and O–H groups in total. The number of primary amides is 1. The SMILES string of the molecule is COc1ccc(CNC(=O)C(N)=O)cc1CC1CCCC1. The number of nitrogens with one attached hydrogen (secondary N) is 1. The summed E-state index contributed by atoms with van der Waals surface area (Å²) < 4.78 is 5.41. The molecule has 0 heterocycles. The van der Waals surface area contributed by atoms with Crippen LogP contribution in [0.4, 0.5) is 0 Å². The number of hydrogen-bond donors (Lipinski definition) is 2. The molecule has 0 atom stereocenters. The fraction of sp³-hybridized carbons (Fsp3) is 0.500. The maximum atomic E-state index is 11.2. The van der Waals surface area contributed by atoms with E-state index in [9.17, 15) is 9.59 Å². The van der Waals surface area contributed by atoms with E-state index in [1.807, 2.05) is 18.2 Å². The predicted octanol–water partition coefficient (Wildman–Crippen LogP) is 1.53. The second-order valence-electron chi connectivity index (χ2n) is 5.55. The largest absolute Gasteiger partial charge is 0.496 e. The molecule has 2 amide bonds. The van der Waals surface area contributed by atoms with Crippen LogP contribution in [0.5, 0.6) is 5.75 Å². The number of carbonyl (C=O) groups excluding carboxylic acids is 2. The highest BCUT2D eigenvalue weighted by molar-refractivity contribution is 6.34. The number of methoxy groups -OCH3 is 1. The van der Waals surface area contributed by atoms with Crippen LogP contribution in [0, 0.1) is 5.92 Å². The quantitative estimate of drug-likeness (QED) is 0.807. The van der Waals surface area contributed by atoms with Crippen molar-refractivity contribution in [2.45, 2.75) is 38.6 Å². The van der Waals surface area contributed by atoms with Crippen LogP contribution in [0.15, 0.2) is 18.2 Å². The molecule has 1 aliphatic carbocycles. The highest BCUT2D eigenvalue weighted by Gasteiger charge is 2.18. The Kier molecular flexibility index (Phi) is 5.20. The molecule has 2 rings (SSSR count). The molecule has 1 aliphatic rings. The van der Waals surface area contributed by atoms with Gasteiger partial charge in [-0.3, -0.25) is 9.59 Å². The fourth-order valence-corrected chi connectivity index (χ4v) is 2.90. The molecule has 0 bridgehead atoms. The lowest BCUT2D eigenvalue weighted by Crippen LogP contribution is -2.35. The second-order valence-corrected chi connectivity index (χ2v) is 5.55. The van der Waals surface area contributed by atoms with Gasteiger partial charge in [0.25, 0.3) is 0 Å². The first-order valence-electron chi connectivity index (χ1n) is 7.33. The first-order valence-corrected chi connectivity index (χ1v) is 7.33. The van der Waals surface area contributed by atoms with Crippen molar-refractivity contribution in [3.63, 3.8) is 0 Å². The van der Waals surface area contributed by atoms with Crippen molar-refractivity contribution in [2.75, 3.05) is 7.11 Å². The number of ether oxygens (including phenoxy) is 1. The molecule has 5 nitrogen and oxygen atoms in total. The topological polar surface area (TPSA) is 81.4 Å². The van der Waals surface area contributed by atoms with Crippen molar-refractivity contribution in [3.8, 4) is 5.75 Å². The lowest BCUT2D eigenvalue weighted by molar-refractivity contribution is -0.137. The Morgan fingerprint density at radius 2 is 2.05 bits per heavy atom. The molecule has 0 unspecified atom stereocenters. The van der Waals surface area contributed by atoms with E-state index >= 15 is 0 Å². The first kappa shape index (κ1) is 15.4. The van der Waals surface area contributed by atoms with Gasteiger partial charge in [-0.05, 0) is 29.5 Å². The number of nitrogens with two attached hydrogens (primary N) is 1. The Bertz CT molecular complexity index is 522. The normalized spacial score (nSPS) is 14.9. The number of hydrogen-bond acceptors (Lipinski definition) is 3. The van der Waals surface area contributed by atoms with E-state index in [1.54, 1.807) is 7.11 Å². The van der Waals surface area contributed by atoms with Gasteiger partial charge in [0.2, 0.25) is 0 Å². The third kappa shape index (κ3) is 4.21. The van der Waals surface area contributed by atoms with Crippen LogP contribution < -0.4 is 15.8 Å². The molecule has 5 heteroatoms. The molecule has 21 heavy (non-hydrogen) atoms. The van der Waals surface area contributed by atoms with E-state index < -0.39 is 11.8 Å². The molecule has 1 aromatic rings. The molecule has 0 saturated heterocycles. The minimum atomic E-state index is -0.963. The van der Waals surface area contributed by atoms with Gasteiger partial charge in [-0.1, -0.05) is 37.8 Å². The Hall–Kier alpha value is -2.04. The third-order valence-electron chi connectivity index (χ3n) is 4.01. The average molecular weight is 290 g/mol. The number of benzene rings is 1. The Labute approximate surface area is 124 Å². The Balaban J connectivity index is 2.05. The van der Waals surface area contributed by atoms with Crippen molar-refractivity contribution < 1.29 is 14.3 Å². The average Bonchev–Trinajstić information content (AvgIpc) is 2.97. The molecule has 1 aromatic carbocycles. The molecule has 0 aliphatic heterocycles. The zero-order valence-corrected chi connectivity index (χ0v) is 12.4. The summed E-state index contributed by atoms with van der Waals surface area (Å²) in [6, 6.07) is 5.84. The molecule has 0 radical (unpaired) electrons. The number of rotatable bonds is 5.